The summed E-state index contributed by atoms with van der Waals surface area (Å²) in [6, 6.07) is 19.1. The van der Waals surface area contributed by atoms with Crippen molar-refractivity contribution in [3.63, 3.8) is 0 Å². The number of carbonyl (C=O) groups excluding carboxylic acids is 1. The fourth-order valence-corrected chi connectivity index (χ4v) is 4.40. The number of likely N-dealkylation sites (N-methyl/N-ethyl adjacent to an activating group) is 2. The predicted molar refractivity (Wildman–Crippen MR) is 142 cm³/mol. The van der Waals surface area contributed by atoms with Crippen LogP contribution in [0.15, 0.2) is 60.7 Å². The summed E-state index contributed by atoms with van der Waals surface area (Å²) < 4.78 is 0. The highest BCUT2D eigenvalue weighted by atomic mass is 32.1. The molecule has 4 aromatic rings. The fraction of sp³-hybridized carbons (Fsp3) is 0.269. The van der Waals surface area contributed by atoms with Gasteiger partial charge in [-0.1, -0.05) is 60.7 Å². The Morgan fingerprint density at radius 2 is 1.77 bits per heavy atom. The molecule has 0 radical (unpaired) electrons. The number of aryl methyl sites for hydroxylation is 1. The monoisotopic (exact) mass is 487 g/mol. The zero-order chi connectivity index (χ0) is 24.6. The van der Waals surface area contributed by atoms with E-state index in [1.807, 2.05) is 68.6 Å². The number of hydrogen-bond acceptors (Lipinski definition) is 8. The largest absolute Gasteiger partial charge is 0.355 e. The molecular formula is C26H29N7OS. The molecule has 1 amide bonds. The summed E-state index contributed by atoms with van der Waals surface area (Å²) in [6.45, 7) is 6.44. The number of nitrogens with one attached hydrogen (secondary N) is 2. The third-order valence-electron chi connectivity index (χ3n) is 5.49. The lowest BCUT2D eigenvalue weighted by Crippen LogP contribution is -2.31. The molecule has 35 heavy (non-hydrogen) atoms. The van der Waals surface area contributed by atoms with E-state index in [4.69, 9.17) is 4.98 Å². The Hall–Kier alpha value is -3.69. The molecular weight excluding hydrogens is 458 g/mol. The maximum atomic E-state index is 13.5. The van der Waals surface area contributed by atoms with Gasteiger partial charge in [0.2, 0.25) is 0 Å². The van der Waals surface area contributed by atoms with Gasteiger partial charge in [0.25, 0.3) is 5.91 Å². The van der Waals surface area contributed by atoms with Crippen LogP contribution in [0.3, 0.4) is 0 Å². The molecule has 180 valence electrons. The molecule has 2 aromatic heterocycles. The lowest BCUT2D eigenvalue weighted by atomic mass is 10.1. The molecule has 0 atom stereocenters. The number of para-hydroxylation sites is 1. The maximum Gasteiger partial charge on any atom is 0.274 e. The summed E-state index contributed by atoms with van der Waals surface area (Å²) in [5, 5.41) is 16.5. The van der Waals surface area contributed by atoms with E-state index in [9.17, 15) is 4.79 Å². The van der Waals surface area contributed by atoms with Crippen molar-refractivity contribution in [2.45, 2.75) is 20.3 Å². The predicted octanol–water partition coefficient (Wildman–Crippen LogP) is 4.52. The second-order valence-electron chi connectivity index (χ2n) is 7.84. The number of carbonyl (C=O) groups is 1. The van der Waals surface area contributed by atoms with Crippen molar-refractivity contribution in [1.29, 1.82) is 0 Å². The topological polar surface area (TPSA) is 95.9 Å². The van der Waals surface area contributed by atoms with Crippen molar-refractivity contribution in [1.82, 2.24) is 25.5 Å². The van der Waals surface area contributed by atoms with E-state index >= 15 is 0 Å². The van der Waals surface area contributed by atoms with Crippen LogP contribution in [0.4, 0.5) is 11.5 Å². The van der Waals surface area contributed by atoms with Crippen LogP contribution in [0.2, 0.25) is 0 Å². The van der Waals surface area contributed by atoms with Crippen LogP contribution in [-0.2, 0) is 6.42 Å². The van der Waals surface area contributed by atoms with Crippen LogP contribution >= 0.6 is 11.3 Å². The Morgan fingerprint density at radius 3 is 2.49 bits per heavy atom. The van der Waals surface area contributed by atoms with Crippen molar-refractivity contribution in [2.75, 3.05) is 36.9 Å². The minimum absolute atomic E-state index is 0.303. The first kappa shape index (κ1) is 24.4. The van der Waals surface area contributed by atoms with Crippen molar-refractivity contribution >= 4 is 28.7 Å². The molecule has 2 aromatic carbocycles. The molecule has 0 saturated carbocycles. The first-order chi connectivity index (χ1) is 17.1. The zero-order valence-electron chi connectivity index (χ0n) is 20.2. The van der Waals surface area contributed by atoms with E-state index in [1.54, 1.807) is 6.07 Å². The highest BCUT2D eigenvalue weighted by molar-refractivity contribution is 7.14. The molecule has 0 aliphatic carbocycles. The minimum Gasteiger partial charge on any atom is -0.355 e. The Labute approximate surface area is 209 Å². The van der Waals surface area contributed by atoms with Gasteiger partial charge < -0.3 is 15.5 Å². The molecule has 0 unspecified atom stereocenters. The molecule has 0 saturated heterocycles. The number of benzene rings is 2. The van der Waals surface area contributed by atoms with Crippen LogP contribution in [-0.4, -0.2) is 52.8 Å². The van der Waals surface area contributed by atoms with E-state index in [2.05, 4.69) is 37.6 Å². The van der Waals surface area contributed by atoms with Crippen LogP contribution in [0.5, 0.6) is 0 Å². The lowest BCUT2D eigenvalue weighted by molar-refractivity contribution is 0.102. The Kier molecular flexibility index (Phi) is 8.12. The Morgan fingerprint density at radius 1 is 1.00 bits per heavy atom. The van der Waals surface area contributed by atoms with E-state index in [0.717, 1.165) is 47.2 Å². The lowest BCUT2D eigenvalue weighted by Gasteiger charge is -2.23. The molecule has 9 heteroatoms. The van der Waals surface area contributed by atoms with Gasteiger partial charge in [0.15, 0.2) is 5.82 Å². The molecule has 8 nitrogen and oxygen atoms in total. The second kappa shape index (κ2) is 11.6. The molecule has 2 heterocycles. The van der Waals surface area contributed by atoms with Gasteiger partial charge in [-0.15, -0.1) is 10.2 Å². The molecule has 0 fully saturated rings. The molecule has 0 aliphatic heterocycles. The van der Waals surface area contributed by atoms with Crippen LogP contribution < -0.4 is 15.5 Å². The van der Waals surface area contributed by atoms with Gasteiger partial charge in [-0.25, -0.2) is 9.97 Å². The van der Waals surface area contributed by atoms with Crippen LogP contribution in [0.1, 0.15) is 29.3 Å². The third-order valence-corrected chi connectivity index (χ3v) is 6.59. The van der Waals surface area contributed by atoms with Gasteiger partial charge in [0, 0.05) is 36.8 Å². The van der Waals surface area contributed by atoms with Crippen molar-refractivity contribution in [2.24, 2.45) is 0 Å². The van der Waals surface area contributed by atoms with Crippen molar-refractivity contribution < 1.29 is 4.79 Å². The summed E-state index contributed by atoms with van der Waals surface area (Å²) in [7, 11) is 1.92. The average molecular weight is 488 g/mol. The van der Waals surface area contributed by atoms with E-state index in [-0.39, 0.29) is 5.91 Å². The summed E-state index contributed by atoms with van der Waals surface area (Å²) >= 11 is 1.53. The van der Waals surface area contributed by atoms with E-state index in [1.165, 1.54) is 11.3 Å². The number of hydrogen-bond donors (Lipinski definition) is 2. The third kappa shape index (κ3) is 5.87. The number of anilines is 2. The van der Waals surface area contributed by atoms with Gasteiger partial charge in [0.1, 0.15) is 21.5 Å². The highest BCUT2D eigenvalue weighted by Crippen LogP contribution is 2.31. The molecule has 0 spiro atoms. The molecule has 2 N–H and O–H groups in total. The van der Waals surface area contributed by atoms with E-state index in [0.29, 0.717) is 23.0 Å². The van der Waals surface area contributed by atoms with E-state index < -0.39 is 0 Å². The average Bonchev–Trinajstić information content (AvgIpc) is 3.39. The second-order valence-corrected chi connectivity index (χ2v) is 8.90. The highest BCUT2D eigenvalue weighted by Gasteiger charge is 2.18. The summed E-state index contributed by atoms with van der Waals surface area (Å²) in [5.41, 5.74) is 2.66. The van der Waals surface area contributed by atoms with Crippen molar-refractivity contribution in [3.05, 3.63) is 71.4 Å². The molecule has 0 bridgehead atoms. The Balaban J connectivity index is 1.70. The minimum atomic E-state index is -0.303. The summed E-state index contributed by atoms with van der Waals surface area (Å²) in [4.78, 5) is 25.0. The SMILES string of the molecule is CCc1nnc(-c2ccccc2NC(=O)c2cc(N(CC)CCNC)nc(-c3ccccc3)n2)s1. The van der Waals surface area contributed by atoms with Gasteiger partial charge in [-0.3, -0.25) is 4.79 Å². The van der Waals surface area contributed by atoms with Crippen molar-refractivity contribution in [3.8, 4) is 22.0 Å². The first-order valence-electron chi connectivity index (χ1n) is 11.7. The normalized spacial score (nSPS) is 10.8. The number of nitrogens with zero attached hydrogens (tertiary/aromatic N) is 5. The quantitative estimate of drug-likeness (QED) is 0.339. The van der Waals surface area contributed by atoms with Gasteiger partial charge >= 0.3 is 0 Å². The first-order valence-corrected chi connectivity index (χ1v) is 12.5. The summed E-state index contributed by atoms with van der Waals surface area (Å²) in [5.74, 6) is 0.927. The maximum absolute atomic E-state index is 13.5. The smallest absolute Gasteiger partial charge is 0.274 e. The van der Waals surface area contributed by atoms with Crippen LogP contribution in [0, 0.1) is 0 Å². The Bertz CT molecular complexity index is 1280. The van der Waals surface area contributed by atoms with Gasteiger partial charge in [-0.05, 0) is 32.5 Å². The number of rotatable bonds is 10. The fourth-order valence-electron chi connectivity index (χ4n) is 3.58. The zero-order valence-corrected chi connectivity index (χ0v) is 21.0. The number of amides is 1. The molecule has 0 aliphatic rings. The van der Waals surface area contributed by atoms with Gasteiger partial charge in [-0.2, -0.15) is 0 Å². The van der Waals surface area contributed by atoms with Crippen LogP contribution in [0.25, 0.3) is 22.0 Å². The number of aromatic nitrogens is 4. The molecule has 4 rings (SSSR count). The standard InChI is InChI=1S/C26H29N7OS/c1-4-23-31-32-26(35-23)19-13-9-10-14-20(19)29-25(34)21-17-22(33(5-2)16-15-27-3)30-24(28-21)18-11-7-6-8-12-18/h6-14,17,27H,4-5,15-16H2,1-3H3,(H,29,34). The summed E-state index contributed by atoms with van der Waals surface area (Å²) in [6.07, 6.45) is 0.819. The van der Waals surface area contributed by atoms with Gasteiger partial charge in [0.05, 0.1) is 5.69 Å².